The van der Waals surface area contributed by atoms with Gasteiger partial charge in [0, 0.05) is 11.3 Å². The Balaban J connectivity index is 2.28. The zero-order chi connectivity index (χ0) is 20.5. The van der Waals surface area contributed by atoms with Crippen LogP contribution in [-0.4, -0.2) is 30.5 Å². The molecular formula is C22H27FO4S. The minimum absolute atomic E-state index is 0.0641. The Morgan fingerprint density at radius 1 is 1.14 bits per heavy atom. The first-order valence-corrected chi connectivity index (χ1v) is 11.4. The molecule has 1 unspecified atom stereocenters. The molecule has 0 radical (unpaired) electrons. The van der Waals surface area contributed by atoms with Crippen LogP contribution in [0.1, 0.15) is 56.6 Å². The first kappa shape index (κ1) is 20.8. The summed E-state index contributed by atoms with van der Waals surface area (Å²) in [6, 6.07) is 9.96. The molecule has 0 aliphatic carbocycles. The molecule has 1 aliphatic rings. The van der Waals surface area contributed by atoms with Gasteiger partial charge in [-0.2, -0.15) is 0 Å². The topological polar surface area (TPSA) is 74.6 Å². The number of aromatic hydroxyl groups is 1. The third-order valence-electron chi connectivity index (χ3n) is 6.05. The van der Waals surface area contributed by atoms with Gasteiger partial charge in [0.05, 0.1) is 16.8 Å². The SMILES string of the molecule is CCCC[C@]1(CC)CS(=O)(=O)c2ccc(O)cc2[C@@H](c2ccc(F)cc2)C1O. The van der Waals surface area contributed by atoms with Crippen LogP contribution in [0.15, 0.2) is 47.4 Å². The molecule has 1 heterocycles. The fourth-order valence-corrected chi connectivity index (χ4v) is 6.65. The van der Waals surface area contributed by atoms with Crippen LogP contribution in [0.5, 0.6) is 5.75 Å². The van der Waals surface area contributed by atoms with Gasteiger partial charge >= 0.3 is 0 Å². The molecule has 0 bridgehead atoms. The molecule has 28 heavy (non-hydrogen) atoms. The monoisotopic (exact) mass is 406 g/mol. The summed E-state index contributed by atoms with van der Waals surface area (Å²) >= 11 is 0. The van der Waals surface area contributed by atoms with Crippen LogP contribution in [0.2, 0.25) is 0 Å². The van der Waals surface area contributed by atoms with Gasteiger partial charge in [-0.1, -0.05) is 38.8 Å². The highest BCUT2D eigenvalue weighted by molar-refractivity contribution is 7.91. The van der Waals surface area contributed by atoms with Gasteiger partial charge in [0.25, 0.3) is 0 Å². The number of fused-ring (bicyclic) bond motifs is 1. The van der Waals surface area contributed by atoms with Gasteiger partial charge in [-0.3, -0.25) is 0 Å². The number of aliphatic hydroxyl groups is 1. The molecule has 0 aromatic heterocycles. The van der Waals surface area contributed by atoms with E-state index in [1.807, 2.05) is 13.8 Å². The maximum absolute atomic E-state index is 13.5. The number of halogens is 1. The number of phenolic OH excluding ortho intramolecular Hbond substituents is 1. The Morgan fingerprint density at radius 2 is 1.82 bits per heavy atom. The van der Waals surface area contributed by atoms with E-state index in [1.54, 1.807) is 12.1 Å². The largest absolute Gasteiger partial charge is 0.508 e. The summed E-state index contributed by atoms with van der Waals surface area (Å²) in [6.45, 7) is 3.94. The number of rotatable bonds is 5. The highest BCUT2D eigenvalue weighted by Gasteiger charge is 2.48. The van der Waals surface area contributed by atoms with Crippen LogP contribution < -0.4 is 0 Å². The molecule has 152 valence electrons. The normalized spacial score (nSPS) is 26.4. The van der Waals surface area contributed by atoms with E-state index in [-0.39, 0.29) is 16.4 Å². The van der Waals surface area contributed by atoms with E-state index in [4.69, 9.17) is 0 Å². The fraction of sp³-hybridized carbons (Fsp3) is 0.455. The van der Waals surface area contributed by atoms with E-state index in [0.29, 0.717) is 24.0 Å². The lowest BCUT2D eigenvalue weighted by Crippen LogP contribution is -2.42. The predicted molar refractivity (Wildman–Crippen MR) is 107 cm³/mol. The maximum Gasteiger partial charge on any atom is 0.179 e. The second-order valence-electron chi connectivity index (χ2n) is 7.77. The van der Waals surface area contributed by atoms with Crippen molar-refractivity contribution in [2.75, 3.05) is 5.75 Å². The van der Waals surface area contributed by atoms with Gasteiger partial charge in [-0.25, -0.2) is 12.8 Å². The van der Waals surface area contributed by atoms with Crippen LogP contribution in [0, 0.1) is 11.2 Å². The molecule has 4 nitrogen and oxygen atoms in total. The molecule has 2 N–H and O–H groups in total. The first-order valence-electron chi connectivity index (χ1n) is 9.73. The number of hydrogen-bond donors (Lipinski definition) is 2. The average molecular weight is 407 g/mol. The number of aliphatic hydroxyl groups excluding tert-OH is 1. The van der Waals surface area contributed by atoms with Crippen molar-refractivity contribution < 1.29 is 23.0 Å². The van der Waals surface area contributed by atoms with Crippen molar-refractivity contribution in [3.05, 3.63) is 59.4 Å². The second kappa shape index (κ2) is 7.84. The van der Waals surface area contributed by atoms with E-state index in [9.17, 15) is 23.0 Å². The molecule has 0 fully saturated rings. The second-order valence-corrected chi connectivity index (χ2v) is 9.73. The van der Waals surface area contributed by atoms with Crippen LogP contribution in [0.4, 0.5) is 4.39 Å². The van der Waals surface area contributed by atoms with Crippen molar-refractivity contribution in [1.82, 2.24) is 0 Å². The summed E-state index contributed by atoms with van der Waals surface area (Å²) in [4.78, 5) is 0.130. The fourth-order valence-electron chi connectivity index (χ4n) is 4.40. The van der Waals surface area contributed by atoms with Gasteiger partial charge in [0.2, 0.25) is 0 Å². The van der Waals surface area contributed by atoms with Crippen LogP contribution in [-0.2, 0) is 9.84 Å². The van der Waals surface area contributed by atoms with Gasteiger partial charge < -0.3 is 10.2 Å². The van der Waals surface area contributed by atoms with Crippen molar-refractivity contribution >= 4 is 9.84 Å². The molecule has 3 rings (SSSR count). The summed E-state index contributed by atoms with van der Waals surface area (Å²) < 4.78 is 40.0. The Labute approximate surface area is 166 Å². The zero-order valence-corrected chi connectivity index (χ0v) is 17.0. The molecule has 2 aromatic carbocycles. The standard InChI is InChI=1S/C22H27FO4S/c1-3-5-12-22(4-2)14-28(26,27)19-11-10-17(24)13-18(19)20(21(22)25)15-6-8-16(23)9-7-15/h6-11,13,20-21,24-25H,3-5,12,14H2,1-2H3/t20-,21?,22-/m1/s1. The minimum atomic E-state index is -3.67. The molecule has 0 saturated carbocycles. The zero-order valence-electron chi connectivity index (χ0n) is 16.2. The van der Waals surface area contributed by atoms with Crippen molar-refractivity contribution in [2.45, 2.75) is 56.4 Å². The van der Waals surface area contributed by atoms with Crippen LogP contribution in [0.25, 0.3) is 0 Å². The number of benzene rings is 2. The Hall–Kier alpha value is -1.92. The third-order valence-corrected chi connectivity index (χ3v) is 8.04. The van der Waals surface area contributed by atoms with Gasteiger partial charge in [-0.05, 0) is 54.3 Å². The van der Waals surface area contributed by atoms with Crippen molar-refractivity contribution in [1.29, 1.82) is 0 Å². The van der Waals surface area contributed by atoms with Crippen molar-refractivity contribution in [2.24, 2.45) is 5.41 Å². The third kappa shape index (κ3) is 3.67. The van der Waals surface area contributed by atoms with E-state index < -0.39 is 33.1 Å². The lowest BCUT2D eigenvalue weighted by atomic mass is 9.69. The molecule has 0 saturated heterocycles. The molecule has 6 heteroatoms. The van der Waals surface area contributed by atoms with E-state index in [2.05, 4.69) is 0 Å². The predicted octanol–water partition coefficient (Wildman–Crippen LogP) is 4.40. The number of sulfone groups is 1. The van der Waals surface area contributed by atoms with E-state index >= 15 is 0 Å². The van der Waals surface area contributed by atoms with Gasteiger partial charge in [0.1, 0.15) is 11.6 Å². The van der Waals surface area contributed by atoms with Crippen LogP contribution in [0.3, 0.4) is 0 Å². The van der Waals surface area contributed by atoms with Gasteiger partial charge in [-0.15, -0.1) is 0 Å². The lowest BCUT2D eigenvalue weighted by molar-refractivity contribution is 0.0173. The minimum Gasteiger partial charge on any atom is -0.508 e. The molecule has 0 amide bonds. The molecule has 0 spiro atoms. The molecule has 3 atom stereocenters. The Morgan fingerprint density at radius 3 is 2.43 bits per heavy atom. The van der Waals surface area contributed by atoms with Crippen molar-refractivity contribution in [3.63, 3.8) is 0 Å². The Bertz CT molecular complexity index is 940. The highest BCUT2D eigenvalue weighted by atomic mass is 32.2. The summed E-state index contributed by atoms with van der Waals surface area (Å²) in [5.41, 5.74) is 0.181. The van der Waals surface area contributed by atoms with Gasteiger partial charge in [0.15, 0.2) is 9.84 Å². The first-order chi connectivity index (χ1) is 13.2. The lowest BCUT2D eigenvalue weighted by Gasteiger charge is -2.39. The van der Waals surface area contributed by atoms with E-state index in [1.165, 1.54) is 30.3 Å². The highest BCUT2D eigenvalue weighted by Crippen LogP contribution is 2.49. The van der Waals surface area contributed by atoms with Crippen molar-refractivity contribution in [3.8, 4) is 5.75 Å². The molecular weight excluding hydrogens is 379 g/mol. The summed E-state index contributed by atoms with van der Waals surface area (Å²) in [7, 11) is -3.67. The summed E-state index contributed by atoms with van der Waals surface area (Å²) in [5.74, 6) is -1.28. The molecule has 1 aliphatic heterocycles. The summed E-state index contributed by atoms with van der Waals surface area (Å²) in [5, 5.41) is 21.6. The van der Waals surface area contributed by atoms with Crippen LogP contribution >= 0.6 is 0 Å². The Kier molecular flexibility index (Phi) is 5.82. The smallest absolute Gasteiger partial charge is 0.179 e. The van der Waals surface area contributed by atoms with E-state index in [0.717, 1.165) is 12.8 Å². The summed E-state index contributed by atoms with van der Waals surface area (Å²) in [6.07, 6.45) is 1.80. The quantitative estimate of drug-likeness (QED) is 0.772. The number of hydrogen-bond acceptors (Lipinski definition) is 4. The molecule has 2 aromatic rings. The average Bonchev–Trinajstić information content (AvgIpc) is 2.72. The number of unbranched alkanes of at least 4 members (excludes halogenated alkanes) is 1. The number of phenols is 1. The maximum atomic E-state index is 13.5.